The van der Waals surface area contributed by atoms with Crippen LogP contribution in [0.4, 0.5) is 0 Å². The third-order valence-electron chi connectivity index (χ3n) is 3.41. The molecule has 1 N–H and O–H groups in total. The van der Waals surface area contributed by atoms with Gasteiger partial charge in [-0.3, -0.25) is 0 Å². The molecule has 0 aliphatic rings. The normalized spacial score (nSPS) is 10.6. The lowest BCUT2D eigenvalue weighted by Crippen LogP contribution is -2.08. The van der Waals surface area contributed by atoms with E-state index in [1.54, 1.807) is 6.07 Å². The van der Waals surface area contributed by atoms with Gasteiger partial charge in [0.2, 0.25) is 0 Å². The Balaban J connectivity index is 2.17. The molecule has 0 bridgehead atoms. The number of aromatic carboxylic acids is 1. The molecule has 0 aliphatic heterocycles. The van der Waals surface area contributed by atoms with Crippen LogP contribution >= 0.6 is 15.9 Å². The van der Waals surface area contributed by atoms with Crippen molar-refractivity contribution >= 4 is 21.9 Å². The first-order valence-corrected chi connectivity index (χ1v) is 7.51. The van der Waals surface area contributed by atoms with Crippen LogP contribution in [0, 0.1) is 6.92 Å². The van der Waals surface area contributed by atoms with Gasteiger partial charge in [0.1, 0.15) is 0 Å². The van der Waals surface area contributed by atoms with E-state index in [1.165, 1.54) is 4.68 Å². The molecule has 110 valence electrons. The number of aryl methyl sites for hydroxylation is 1. The highest BCUT2D eigenvalue weighted by Gasteiger charge is 2.17. The topological polar surface area (TPSA) is 55.1 Å². The summed E-state index contributed by atoms with van der Waals surface area (Å²) in [6.07, 6.45) is 0. The third kappa shape index (κ3) is 2.67. The number of para-hydroxylation sites is 1. The molecule has 0 fully saturated rings. The van der Waals surface area contributed by atoms with Gasteiger partial charge in [-0.15, -0.1) is 0 Å². The summed E-state index contributed by atoms with van der Waals surface area (Å²) in [5.74, 6) is -1.00. The maximum Gasteiger partial charge on any atom is 0.354 e. The van der Waals surface area contributed by atoms with Crippen molar-refractivity contribution in [2.75, 3.05) is 0 Å². The Morgan fingerprint density at radius 2 is 1.82 bits per heavy atom. The van der Waals surface area contributed by atoms with Gasteiger partial charge >= 0.3 is 5.97 Å². The fraction of sp³-hybridized carbons (Fsp3) is 0.0588. The molecule has 0 unspecified atom stereocenters. The quantitative estimate of drug-likeness (QED) is 0.760. The van der Waals surface area contributed by atoms with Crippen LogP contribution in [0.15, 0.2) is 59.1 Å². The zero-order valence-corrected chi connectivity index (χ0v) is 13.4. The summed E-state index contributed by atoms with van der Waals surface area (Å²) in [5.41, 5.74) is 3.39. The molecule has 2 aromatic carbocycles. The second-order valence-electron chi connectivity index (χ2n) is 4.93. The molecule has 3 rings (SSSR count). The molecule has 3 aromatic rings. The van der Waals surface area contributed by atoms with Gasteiger partial charge in [0.15, 0.2) is 5.69 Å². The Bertz CT molecular complexity index is 838. The minimum absolute atomic E-state index is 0.146. The van der Waals surface area contributed by atoms with Crippen molar-refractivity contribution in [3.63, 3.8) is 0 Å². The van der Waals surface area contributed by atoms with Crippen LogP contribution in [0.1, 0.15) is 16.1 Å². The minimum Gasteiger partial charge on any atom is -0.477 e. The lowest BCUT2D eigenvalue weighted by molar-refractivity contribution is 0.0687. The van der Waals surface area contributed by atoms with Gasteiger partial charge in [-0.05, 0) is 36.8 Å². The van der Waals surface area contributed by atoms with Crippen LogP contribution < -0.4 is 0 Å². The van der Waals surface area contributed by atoms with E-state index in [4.69, 9.17) is 0 Å². The van der Waals surface area contributed by atoms with Crippen LogP contribution in [-0.4, -0.2) is 20.9 Å². The highest BCUT2D eigenvalue weighted by atomic mass is 79.9. The molecule has 0 saturated carbocycles. The maximum atomic E-state index is 11.5. The average molecular weight is 357 g/mol. The highest BCUT2D eigenvalue weighted by Crippen LogP contribution is 2.24. The smallest absolute Gasteiger partial charge is 0.354 e. The van der Waals surface area contributed by atoms with E-state index in [0.29, 0.717) is 5.69 Å². The summed E-state index contributed by atoms with van der Waals surface area (Å²) < 4.78 is 2.45. The number of halogens is 1. The lowest BCUT2D eigenvalue weighted by atomic mass is 10.1. The first-order valence-electron chi connectivity index (χ1n) is 6.71. The van der Waals surface area contributed by atoms with Crippen molar-refractivity contribution in [2.45, 2.75) is 6.92 Å². The van der Waals surface area contributed by atoms with Gasteiger partial charge < -0.3 is 5.11 Å². The average Bonchev–Trinajstić information content (AvgIpc) is 2.93. The van der Waals surface area contributed by atoms with Gasteiger partial charge in [-0.2, -0.15) is 5.10 Å². The molecule has 5 heteroatoms. The molecule has 4 nitrogen and oxygen atoms in total. The van der Waals surface area contributed by atoms with Gasteiger partial charge in [-0.1, -0.05) is 46.3 Å². The van der Waals surface area contributed by atoms with E-state index in [0.717, 1.165) is 21.3 Å². The molecule has 1 heterocycles. The standard InChI is InChI=1S/C17H13BrN2O2/c1-11-4-2-3-5-15(11)20-16(17(21)22)10-14(19-20)12-6-8-13(18)9-7-12/h2-10H,1H3,(H,21,22). The first-order chi connectivity index (χ1) is 10.6. The van der Waals surface area contributed by atoms with Crippen LogP contribution in [0.25, 0.3) is 16.9 Å². The molecule has 0 atom stereocenters. The van der Waals surface area contributed by atoms with Crippen molar-refractivity contribution < 1.29 is 9.90 Å². The second-order valence-corrected chi connectivity index (χ2v) is 5.84. The summed E-state index contributed by atoms with van der Waals surface area (Å²) in [7, 11) is 0. The van der Waals surface area contributed by atoms with Crippen molar-refractivity contribution in [3.05, 3.63) is 70.3 Å². The number of rotatable bonds is 3. The van der Waals surface area contributed by atoms with Crippen molar-refractivity contribution in [2.24, 2.45) is 0 Å². The fourth-order valence-corrected chi connectivity index (χ4v) is 2.54. The summed E-state index contributed by atoms with van der Waals surface area (Å²) in [5, 5.41) is 13.9. The molecule has 0 saturated heterocycles. The summed E-state index contributed by atoms with van der Waals surface area (Å²) in [6, 6.07) is 16.8. The predicted octanol–water partition coefficient (Wildman–Crippen LogP) is 4.31. The third-order valence-corrected chi connectivity index (χ3v) is 3.94. The molecule has 1 aromatic heterocycles. The Morgan fingerprint density at radius 1 is 1.14 bits per heavy atom. The number of carbonyl (C=O) groups is 1. The number of hydrogen-bond donors (Lipinski definition) is 1. The molecule has 0 spiro atoms. The van der Waals surface area contributed by atoms with Crippen molar-refractivity contribution in [1.29, 1.82) is 0 Å². The predicted molar refractivity (Wildman–Crippen MR) is 88.4 cm³/mol. The number of aromatic nitrogens is 2. The minimum atomic E-state index is -1.00. The van der Waals surface area contributed by atoms with Crippen LogP contribution in [0.5, 0.6) is 0 Å². The lowest BCUT2D eigenvalue weighted by Gasteiger charge is -2.07. The highest BCUT2D eigenvalue weighted by molar-refractivity contribution is 9.10. The van der Waals surface area contributed by atoms with E-state index in [2.05, 4.69) is 21.0 Å². The van der Waals surface area contributed by atoms with Crippen LogP contribution in [0.2, 0.25) is 0 Å². The zero-order chi connectivity index (χ0) is 15.7. The van der Waals surface area contributed by atoms with Crippen LogP contribution in [-0.2, 0) is 0 Å². The van der Waals surface area contributed by atoms with Crippen molar-refractivity contribution in [1.82, 2.24) is 9.78 Å². The molecular formula is C17H13BrN2O2. The Hall–Kier alpha value is -2.40. The number of benzene rings is 2. The molecule has 22 heavy (non-hydrogen) atoms. The zero-order valence-electron chi connectivity index (χ0n) is 11.8. The number of carboxylic acids is 1. The van der Waals surface area contributed by atoms with Gasteiger partial charge in [0.05, 0.1) is 11.4 Å². The first kappa shape index (κ1) is 14.5. The van der Waals surface area contributed by atoms with Gasteiger partial charge in [-0.25, -0.2) is 9.48 Å². The molecule has 0 aliphatic carbocycles. The summed E-state index contributed by atoms with van der Waals surface area (Å²) in [4.78, 5) is 11.5. The number of nitrogens with zero attached hydrogens (tertiary/aromatic N) is 2. The summed E-state index contributed by atoms with van der Waals surface area (Å²) >= 11 is 3.39. The molecule has 0 radical (unpaired) electrons. The second kappa shape index (κ2) is 5.77. The summed E-state index contributed by atoms with van der Waals surface area (Å²) in [6.45, 7) is 1.93. The Labute approximate surface area is 136 Å². The van der Waals surface area contributed by atoms with E-state index in [9.17, 15) is 9.90 Å². The number of carboxylic acid groups (broad SMARTS) is 1. The Kier molecular flexibility index (Phi) is 3.81. The van der Waals surface area contributed by atoms with Crippen molar-refractivity contribution in [3.8, 4) is 16.9 Å². The maximum absolute atomic E-state index is 11.5. The molecular weight excluding hydrogens is 344 g/mol. The molecule has 0 amide bonds. The van der Waals surface area contributed by atoms with Gasteiger partial charge in [0.25, 0.3) is 0 Å². The fourth-order valence-electron chi connectivity index (χ4n) is 2.28. The SMILES string of the molecule is Cc1ccccc1-n1nc(-c2ccc(Br)cc2)cc1C(=O)O. The van der Waals surface area contributed by atoms with E-state index >= 15 is 0 Å². The number of hydrogen-bond acceptors (Lipinski definition) is 2. The van der Waals surface area contributed by atoms with Gasteiger partial charge in [0, 0.05) is 10.0 Å². The monoisotopic (exact) mass is 356 g/mol. The van der Waals surface area contributed by atoms with E-state index in [1.807, 2.05) is 55.5 Å². The Morgan fingerprint density at radius 3 is 2.45 bits per heavy atom. The van der Waals surface area contributed by atoms with E-state index < -0.39 is 5.97 Å². The van der Waals surface area contributed by atoms with E-state index in [-0.39, 0.29) is 5.69 Å². The largest absolute Gasteiger partial charge is 0.477 e. The van der Waals surface area contributed by atoms with Crippen LogP contribution in [0.3, 0.4) is 0 Å².